The fraction of sp³-hybridized carbons (Fsp3) is 1.00. The minimum atomic E-state index is 0. The average molecular weight is 138 g/mol. The molecule has 3 heteroatoms. The Bertz CT molecular complexity index is 84.5. The van der Waals surface area contributed by atoms with E-state index in [2.05, 4.69) is 14.1 Å². The molecule has 1 fully saturated rings. The zero-order chi connectivity index (χ0) is 5.49. The van der Waals surface area contributed by atoms with Crippen LogP contribution >= 0.6 is 0 Å². The molecule has 8 heavy (non-hydrogen) atoms. The molecule has 0 spiro atoms. The van der Waals surface area contributed by atoms with E-state index < -0.39 is 0 Å². The van der Waals surface area contributed by atoms with Crippen molar-refractivity contribution in [3.05, 3.63) is 0 Å². The SMILES string of the molecule is C[N+]1(C)CC1CO.[Cl-]. The number of nitrogens with zero attached hydrogens (tertiary/aromatic N) is 1. The van der Waals surface area contributed by atoms with Gasteiger partial charge in [-0.2, -0.15) is 0 Å². The van der Waals surface area contributed by atoms with Crippen LogP contribution in [0.4, 0.5) is 0 Å². The average Bonchev–Trinajstić information content (AvgIpc) is 2.13. The second-order valence-corrected chi connectivity index (χ2v) is 2.80. The lowest BCUT2D eigenvalue weighted by Gasteiger charge is -2.01. The molecule has 0 amide bonds. The highest BCUT2D eigenvalue weighted by Crippen LogP contribution is 2.22. The Morgan fingerprint density at radius 3 is 2.00 bits per heavy atom. The fourth-order valence-corrected chi connectivity index (χ4v) is 0.775. The number of hydrogen-bond donors (Lipinski definition) is 1. The highest BCUT2D eigenvalue weighted by molar-refractivity contribution is 4.67. The van der Waals surface area contributed by atoms with Crippen LogP contribution in [0, 0.1) is 0 Å². The van der Waals surface area contributed by atoms with Gasteiger partial charge < -0.3 is 22.0 Å². The number of halogens is 1. The van der Waals surface area contributed by atoms with Gasteiger partial charge in [-0.25, -0.2) is 0 Å². The summed E-state index contributed by atoms with van der Waals surface area (Å²) in [6, 6.07) is 0.542. The summed E-state index contributed by atoms with van der Waals surface area (Å²) in [6.07, 6.45) is 0. The van der Waals surface area contributed by atoms with Crippen LogP contribution in [-0.4, -0.2) is 42.9 Å². The van der Waals surface area contributed by atoms with Gasteiger partial charge in [-0.3, -0.25) is 0 Å². The van der Waals surface area contributed by atoms with Crippen LogP contribution in [0.5, 0.6) is 0 Å². The molecule has 1 aliphatic heterocycles. The van der Waals surface area contributed by atoms with Gasteiger partial charge in [0.15, 0.2) is 6.04 Å². The van der Waals surface area contributed by atoms with Crippen LogP contribution < -0.4 is 12.4 Å². The zero-order valence-electron chi connectivity index (χ0n) is 5.26. The summed E-state index contributed by atoms with van der Waals surface area (Å²) in [6.45, 7) is 1.50. The van der Waals surface area contributed by atoms with Crippen LogP contribution in [0.15, 0.2) is 0 Å². The summed E-state index contributed by atoms with van der Waals surface area (Å²) in [5.74, 6) is 0. The molecule has 0 aromatic carbocycles. The topological polar surface area (TPSA) is 20.2 Å². The molecule has 0 aromatic heterocycles. The van der Waals surface area contributed by atoms with Crippen molar-refractivity contribution in [2.45, 2.75) is 6.04 Å². The van der Waals surface area contributed by atoms with Crippen molar-refractivity contribution < 1.29 is 22.0 Å². The Hall–Kier alpha value is 0.210. The van der Waals surface area contributed by atoms with Crippen molar-refractivity contribution in [2.24, 2.45) is 0 Å². The molecule has 1 atom stereocenters. The van der Waals surface area contributed by atoms with Crippen molar-refractivity contribution in [2.75, 3.05) is 27.2 Å². The van der Waals surface area contributed by atoms with Crippen molar-refractivity contribution in [3.8, 4) is 0 Å². The lowest BCUT2D eigenvalue weighted by atomic mass is 10.5. The molecule has 1 heterocycles. The second kappa shape index (κ2) is 2.21. The normalized spacial score (nSPS) is 31.1. The van der Waals surface area contributed by atoms with Gasteiger partial charge in [0.1, 0.15) is 13.2 Å². The van der Waals surface area contributed by atoms with Gasteiger partial charge in [0.2, 0.25) is 0 Å². The number of quaternary nitrogens is 1. The van der Waals surface area contributed by atoms with Gasteiger partial charge >= 0.3 is 0 Å². The molecular formula is C5H12ClNO. The van der Waals surface area contributed by atoms with Gasteiger partial charge in [-0.05, 0) is 0 Å². The molecule has 0 aliphatic carbocycles. The predicted octanol–water partition coefficient (Wildman–Crippen LogP) is -3.56. The number of likely N-dealkylation sites (N-methyl/N-ethyl adjacent to an activating group) is 1. The van der Waals surface area contributed by atoms with Crippen LogP contribution in [0.3, 0.4) is 0 Å². The first kappa shape index (κ1) is 8.21. The maximum atomic E-state index is 8.53. The molecule has 0 aromatic rings. The molecule has 1 rings (SSSR count). The van der Waals surface area contributed by atoms with Crippen molar-refractivity contribution in [1.29, 1.82) is 0 Å². The summed E-state index contributed by atoms with van der Waals surface area (Å²) in [7, 11) is 4.25. The highest BCUT2D eigenvalue weighted by Gasteiger charge is 2.46. The minimum Gasteiger partial charge on any atom is -1.00 e. The summed E-state index contributed by atoms with van der Waals surface area (Å²) in [5, 5.41) is 8.53. The molecule has 1 unspecified atom stereocenters. The largest absolute Gasteiger partial charge is 1.00 e. The predicted molar refractivity (Wildman–Crippen MR) is 27.8 cm³/mol. The van der Waals surface area contributed by atoms with Crippen molar-refractivity contribution in [1.82, 2.24) is 0 Å². The molecule has 2 nitrogen and oxygen atoms in total. The number of aliphatic hydroxyl groups is 1. The first-order valence-corrected chi connectivity index (χ1v) is 2.60. The van der Waals surface area contributed by atoms with Gasteiger partial charge in [0.25, 0.3) is 0 Å². The second-order valence-electron chi connectivity index (χ2n) is 2.80. The van der Waals surface area contributed by atoms with E-state index in [0.717, 1.165) is 11.0 Å². The summed E-state index contributed by atoms with van der Waals surface area (Å²) >= 11 is 0. The standard InChI is InChI=1S/C5H12NO.ClH/c1-6(2)3-5(6)4-7;/h5,7H,3-4H2,1-2H3;1H/q+1;/p-1. The van der Waals surface area contributed by atoms with E-state index in [1.807, 2.05) is 0 Å². The van der Waals surface area contributed by atoms with E-state index >= 15 is 0 Å². The molecule has 1 N–H and O–H groups in total. The van der Waals surface area contributed by atoms with Crippen LogP contribution in [-0.2, 0) is 0 Å². The van der Waals surface area contributed by atoms with E-state index in [9.17, 15) is 0 Å². The van der Waals surface area contributed by atoms with Crippen LogP contribution in [0.2, 0.25) is 0 Å². The Labute approximate surface area is 56.1 Å². The molecular weight excluding hydrogens is 126 g/mol. The molecule has 0 bridgehead atoms. The summed E-state index contributed by atoms with van der Waals surface area (Å²) in [5.41, 5.74) is 0. The maximum absolute atomic E-state index is 8.53. The lowest BCUT2D eigenvalue weighted by Crippen LogP contribution is -3.00. The van der Waals surface area contributed by atoms with Crippen LogP contribution in [0.25, 0.3) is 0 Å². The molecule has 1 saturated heterocycles. The van der Waals surface area contributed by atoms with Crippen molar-refractivity contribution in [3.63, 3.8) is 0 Å². The third kappa shape index (κ3) is 1.34. The van der Waals surface area contributed by atoms with E-state index in [0.29, 0.717) is 12.6 Å². The Morgan fingerprint density at radius 1 is 1.62 bits per heavy atom. The third-order valence-corrected chi connectivity index (χ3v) is 1.75. The Balaban J connectivity index is 0.000000490. The first-order chi connectivity index (χ1) is 3.17. The number of rotatable bonds is 1. The van der Waals surface area contributed by atoms with E-state index in [4.69, 9.17) is 5.11 Å². The minimum absolute atomic E-state index is 0. The quantitative estimate of drug-likeness (QED) is 0.293. The summed E-state index contributed by atoms with van der Waals surface area (Å²) < 4.78 is 1.01. The molecule has 0 saturated carbocycles. The molecule has 1 aliphatic rings. The monoisotopic (exact) mass is 137 g/mol. The molecule has 50 valence electrons. The first-order valence-electron chi connectivity index (χ1n) is 2.60. The van der Waals surface area contributed by atoms with Crippen LogP contribution in [0.1, 0.15) is 0 Å². The number of aliphatic hydroxyl groups excluding tert-OH is 1. The lowest BCUT2D eigenvalue weighted by molar-refractivity contribution is -0.769. The van der Waals surface area contributed by atoms with Gasteiger partial charge in [0.05, 0.1) is 14.1 Å². The van der Waals surface area contributed by atoms with E-state index in [1.54, 1.807) is 0 Å². The third-order valence-electron chi connectivity index (χ3n) is 1.75. The molecule has 0 radical (unpaired) electrons. The maximum Gasteiger partial charge on any atom is 0.162 e. The van der Waals surface area contributed by atoms with Gasteiger partial charge in [0, 0.05) is 0 Å². The zero-order valence-corrected chi connectivity index (χ0v) is 6.02. The van der Waals surface area contributed by atoms with Gasteiger partial charge in [-0.1, -0.05) is 0 Å². The fourth-order valence-electron chi connectivity index (χ4n) is 0.775. The highest BCUT2D eigenvalue weighted by atomic mass is 35.5. The number of hydrogen-bond acceptors (Lipinski definition) is 1. The van der Waals surface area contributed by atoms with Crippen molar-refractivity contribution >= 4 is 0 Å². The Morgan fingerprint density at radius 2 is 2.00 bits per heavy atom. The van der Waals surface area contributed by atoms with Gasteiger partial charge in [-0.15, -0.1) is 0 Å². The van der Waals surface area contributed by atoms with E-state index in [1.165, 1.54) is 0 Å². The summed E-state index contributed by atoms with van der Waals surface area (Å²) in [4.78, 5) is 0. The van der Waals surface area contributed by atoms with E-state index in [-0.39, 0.29) is 12.4 Å². The Kier molecular flexibility index (Phi) is 2.27. The smallest absolute Gasteiger partial charge is 0.162 e.